The second-order valence-corrected chi connectivity index (χ2v) is 7.76. The molecule has 0 fully saturated rings. The smallest absolute Gasteiger partial charge is 0.220 e. The van der Waals surface area contributed by atoms with Crippen LogP contribution in [0.5, 0.6) is 11.6 Å². The van der Waals surface area contributed by atoms with Gasteiger partial charge in [0, 0.05) is 22.1 Å². The molecule has 2 aromatic carbocycles. The number of nitrogens with zero attached hydrogens (tertiary/aromatic N) is 2. The maximum Gasteiger partial charge on any atom is 0.220 e. The summed E-state index contributed by atoms with van der Waals surface area (Å²) in [4.78, 5) is 11.2. The van der Waals surface area contributed by atoms with E-state index in [1.807, 2.05) is 72.9 Å². The fraction of sp³-hybridized carbons (Fsp3) is 0. The third-order valence-corrected chi connectivity index (χ3v) is 5.42. The second-order valence-electron chi connectivity index (χ2n) is 5.58. The molecular weight excluding hydrogens is 372 g/mol. The number of hydrogen-bond acceptors (Lipinski definition) is 5. The summed E-state index contributed by atoms with van der Waals surface area (Å²) in [5.41, 5.74) is 0. The van der Waals surface area contributed by atoms with Gasteiger partial charge in [0.05, 0.1) is 0 Å². The van der Waals surface area contributed by atoms with Gasteiger partial charge in [0.15, 0.2) is 0 Å². The molecule has 0 aliphatic carbocycles. The lowest BCUT2D eigenvalue weighted by Crippen LogP contribution is -1.88. The van der Waals surface area contributed by atoms with Crippen LogP contribution in [0.1, 0.15) is 0 Å². The van der Waals surface area contributed by atoms with E-state index in [1.165, 1.54) is 0 Å². The fourth-order valence-electron chi connectivity index (χ4n) is 2.37. The van der Waals surface area contributed by atoms with Crippen molar-refractivity contribution in [3.8, 4) is 11.6 Å². The molecule has 4 aromatic rings. The second kappa shape index (κ2) is 8.75. The number of hydrogen-bond donors (Lipinski definition) is 0. The molecule has 4 rings (SSSR count). The van der Waals surface area contributed by atoms with E-state index in [-0.39, 0.29) is 0 Å². The number of pyridine rings is 2. The van der Waals surface area contributed by atoms with Crippen molar-refractivity contribution >= 4 is 23.5 Å². The zero-order chi connectivity index (χ0) is 18.3. The third-order valence-electron chi connectivity index (χ3n) is 3.55. The Balaban J connectivity index is 1.47. The summed E-state index contributed by atoms with van der Waals surface area (Å²) < 4.78 is 5.82. The predicted octanol–water partition coefficient (Wildman–Crippen LogP) is 6.57. The first-order chi connectivity index (χ1) is 13.3. The molecule has 0 radical (unpaired) electrons. The third kappa shape index (κ3) is 5.12. The van der Waals surface area contributed by atoms with Crippen LogP contribution in [-0.2, 0) is 0 Å². The Labute approximate surface area is 166 Å². The molecule has 0 amide bonds. The van der Waals surface area contributed by atoms with Gasteiger partial charge in [-0.15, -0.1) is 0 Å². The number of benzene rings is 2. The molecule has 0 aliphatic heterocycles. The summed E-state index contributed by atoms with van der Waals surface area (Å²) >= 11 is 3.26. The molecule has 0 unspecified atom stereocenters. The topological polar surface area (TPSA) is 35.0 Å². The molecule has 0 N–H and O–H groups in total. The first-order valence-electron chi connectivity index (χ1n) is 8.42. The van der Waals surface area contributed by atoms with E-state index in [0.29, 0.717) is 5.88 Å². The maximum atomic E-state index is 5.82. The van der Waals surface area contributed by atoms with Crippen molar-refractivity contribution in [3.05, 3.63) is 97.2 Å². The van der Waals surface area contributed by atoms with Gasteiger partial charge in [-0.1, -0.05) is 59.9 Å². The van der Waals surface area contributed by atoms with Crippen LogP contribution in [0.3, 0.4) is 0 Å². The van der Waals surface area contributed by atoms with Crippen LogP contribution in [0.4, 0.5) is 0 Å². The minimum Gasteiger partial charge on any atom is -0.439 e. The van der Waals surface area contributed by atoms with Crippen molar-refractivity contribution in [1.82, 2.24) is 9.97 Å². The Hall–Kier alpha value is -2.76. The average molecular weight is 389 g/mol. The fourth-order valence-corrected chi connectivity index (χ4v) is 4.13. The Kier molecular flexibility index (Phi) is 5.72. The SMILES string of the molecule is c1ccc(Oc2cccc(Sc3cccc(Sc4ccccn4)c3)n2)cc1. The summed E-state index contributed by atoms with van der Waals surface area (Å²) in [7, 11) is 0. The molecule has 0 spiro atoms. The van der Waals surface area contributed by atoms with Gasteiger partial charge in [-0.3, -0.25) is 0 Å². The monoisotopic (exact) mass is 388 g/mol. The molecule has 0 saturated heterocycles. The predicted molar refractivity (Wildman–Crippen MR) is 110 cm³/mol. The van der Waals surface area contributed by atoms with Crippen LogP contribution in [0.25, 0.3) is 0 Å². The quantitative estimate of drug-likeness (QED) is 0.373. The summed E-state index contributed by atoms with van der Waals surface area (Å²) in [6, 6.07) is 29.8. The summed E-state index contributed by atoms with van der Waals surface area (Å²) in [5.74, 6) is 1.37. The van der Waals surface area contributed by atoms with E-state index >= 15 is 0 Å². The van der Waals surface area contributed by atoms with Gasteiger partial charge in [0.1, 0.15) is 15.8 Å². The van der Waals surface area contributed by atoms with E-state index in [2.05, 4.69) is 34.2 Å². The van der Waals surface area contributed by atoms with Crippen LogP contribution in [0, 0.1) is 0 Å². The molecule has 0 aliphatic rings. The summed E-state index contributed by atoms with van der Waals surface area (Å²) in [6.07, 6.45) is 1.81. The maximum absolute atomic E-state index is 5.82. The van der Waals surface area contributed by atoms with Gasteiger partial charge in [0.2, 0.25) is 5.88 Å². The van der Waals surface area contributed by atoms with E-state index in [9.17, 15) is 0 Å². The minimum atomic E-state index is 0.588. The molecule has 0 saturated carbocycles. The lowest BCUT2D eigenvalue weighted by atomic mass is 10.3. The van der Waals surface area contributed by atoms with E-state index < -0.39 is 0 Å². The number of ether oxygens (including phenoxy) is 1. The lowest BCUT2D eigenvalue weighted by molar-refractivity contribution is 0.458. The Morgan fingerprint density at radius 1 is 0.630 bits per heavy atom. The first-order valence-corrected chi connectivity index (χ1v) is 10.1. The largest absolute Gasteiger partial charge is 0.439 e. The number of aromatic nitrogens is 2. The molecule has 27 heavy (non-hydrogen) atoms. The molecule has 0 bridgehead atoms. The van der Waals surface area contributed by atoms with Crippen molar-refractivity contribution in [2.75, 3.05) is 0 Å². The van der Waals surface area contributed by atoms with Gasteiger partial charge in [-0.25, -0.2) is 9.97 Å². The number of rotatable bonds is 6. The van der Waals surface area contributed by atoms with Crippen molar-refractivity contribution in [2.24, 2.45) is 0 Å². The first kappa shape index (κ1) is 17.6. The van der Waals surface area contributed by atoms with Gasteiger partial charge >= 0.3 is 0 Å². The minimum absolute atomic E-state index is 0.588. The van der Waals surface area contributed by atoms with Crippen molar-refractivity contribution in [3.63, 3.8) is 0 Å². The Bertz CT molecular complexity index is 928. The van der Waals surface area contributed by atoms with Crippen molar-refractivity contribution in [2.45, 2.75) is 19.8 Å². The lowest BCUT2D eigenvalue weighted by Gasteiger charge is -2.07. The van der Waals surface area contributed by atoms with Crippen LogP contribution in [0.15, 0.2) is 117 Å². The standard InChI is InChI=1S/C22H16N2OS2/c1-2-8-17(9-3-1)25-20-12-7-14-22(24-20)27-19-11-6-10-18(16-19)26-21-13-4-5-15-23-21/h1-16H. The van der Waals surface area contributed by atoms with Crippen molar-refractivity contribution < 1.29 is 4.74 Å². The highest BCUT2D eigenvalue weighted by molar-refractivity contribution is 8.00. The molecule has 2 heterocycles. The zero-order valence-corrected chi connectivity index (χ0v) is 16.0. The van der Waals surface area contributed by atoms with Gasteiger partial charge in [-0.2, -0.15) is 0 Å². The molecule has 132 valence electrons. The molecule has 2 aromatic heterocycles. The van der Waals surface area contributed by atoms with Gasteiger partial charge in [0.25, 0.3) is 0 Å². The highest BCUT2D eigenvalue weighted by Gasteiger charge is 2.05. The zero-order valence-electron chi connectivity index (χ0n) is 14.4. The average Bonchev–Trinajstić information content (AvgIpc) is 2.70. The highest BCUT2D eigenvalue weighted by Crippen LogP contribution is 2.33. The van der Waals surface area contributed by atoms with Crippen molar-refractivity contribution in [1.29, 1.82) is 0 Å². The normalized spacial score (nSPS) is 10.5. The molecule has 0 atom stereocenters. The molecule has 5 heteroatoms. The van der Waals surface area contributed by atoms with Gasteiger partial charge < -0.3 is 4.74 Å². The van der Waals surface area contributed by atoms with Crippen LogP contribution < -0.4 is 4.74 Å². The van der Waals surface area contributed by atoms with Crippen LogP contribution in [-0.4, -0.2) is 9.97 Å². The van der Waals surface area contributed by atoms with Crippen LogP contribution in [0.2, 0.25) is 0 Å². The Morgan fingerprint density at radius 3 is 2.11 bits per heavy atom. The molecule has 3 nitrogen and oxygen atoms in total. The van der Waals surface area contributed by atoms with E-state index in [0.717, 1.165) is 25.6 Å². The van der Waals surface area contributed by atoms with Gasteiger partial charge in [-0.05, 0) is 48.5 Å². The highest BCUT2D eigenvalue weighted by atomic mass is 32.2. The van der Waals surface area contributed by atoms with E-state index in [4.69, 9.17) is 4.74 Å². The van der Waals surface area contributed by atoms with E-state index in [1.54, 1.807) is 23.5 Å². The summed E-state index contributed by atoms with van der Waals surface area (Å²) in [5, 5.41) is 1.87. The van der Waals surface area contributed by atoms with Crippen LogP contribution >= 0.6 is 23.5 Å². The Morgan fingerprint density at radius 2 is 1.33 bits per heavy atom. The summed E-state index contributed by atoms with van der Waals surface area (Å²) in [6.45, 7) is 0. The molecular formula is C22H16N2OS2. The number of para-hydroxylation sites is 1.